The molecule has 9 nitrogen and oxygen atoms in total. The second-order valence-corrected chi connectivity index (χ2v) is 6.80. The molecule has 2 aromatic heterocycles. The molecule has 0 radical (unpaired) electrons. The average molecular weight is 441 g/mol. The standard InChI is InChI=1S/C18H13BrN6O3/c1-28-18(27)11-4-7-13-14(8-11)20-15(21-17(13)26)9-25-23-16(22-24-25)10-2-5-12(19)6-3-10/h2-8H,9H2,1H3,(H,20,21,26). The number of carbonyl (C=O) groups is 1. The zero-order valence-corrected chi connectivity index (χ0v) is 16.2. The van der Waals surface area contributed by atoms with E-state index >= 15 is 0 Å². The van der Waals surface area contributed by atoms with Gasteiger partial charge >= 0.3 is 5.97 Å². The minimum atomic E-state index is -0.498. The number of halogens is 1. The molecule has 10 heteroatoms. The molecule has 0 unspecified atom stereocenters. The Kier molecular flexibility index (Phi) is 4.70. The Morgan fingerprint density at radius 1 is 1.21 bits per heavy atom. The summed E-state index contributed by atoms with van der Waals surface area (Å²) in [6, 6.07) is 12.1. The van der Waals surface area contributed by atoms with Gasteiger partial charge in [-0.25, -0.2) is 9.78 Å². The number of carbonyl (C=O) groups excluding carboxylic acids is 1. The Balaban J connectivity index is 1.65. The van der Waals surface area contributed by atoms with Crippen molar-refractivity contribution >= 4 is 32.8 Å². The summed E-state index contributed by atoms with van der Waals surface area (Å²) in [5.74, 6) is 0.311. The van der Waals surface area contributed by atoms with Gasteiger partial charge in [0.05, 0.1) is 23.6 Å². The van der Waals surface area contributed by atoms with Crippen LogP contribution >= 0.6 is 15.9 Å². The molecule has 0 fully saturated rings. The predicted octanol–water partition coefficient (Wildman–Crippen LogP) is 2.17. The van der Waals surface area contributed by atoms with Gasteiger partial charge < -0.3 is 9.72 Å². The van der Waals surface area contributed by atoms with Crippen molar-refractivity contribution in [3.63, 3.8) is 0 Å². The SMILES string of the molecule is COC(=O)c1ccc2c(=O)[nH]c(Cn3nnc(-c4ccc(Br)cc4)n3)nc2c1. The Morgan fingerprint density at radius 2 is 2.00 bits per heavy atom. The maximum atomic E-state index is 12.3. The van der Waals surface area contributed by atoms with Crippen LogP contribution in [0, 0.1) is 0 Å². The molecule has 0 saturated carbocycles. The van der Waals surface area contributed by atoms with Gasteiger partial charge in [0.25, 0.3) is 5.56 Å². The highest BCUT2D eigenvalue weighted by Gasteiger charge is 2.12. The third kappa shape index (κ3) is 3.54. The van der Waals surface area contributed by atoms with Crippen molar-refractivity contribution in [2.24, 2.45) is 0 Å². The molecular formula is C18H13BrN6O3. The molecule has 4 rings (SSSR count). The quantitative estimate of drug-likeness (QED) is 0.483. The maximum Gasteiger partial charge on any atom is 0.337 e. The van der Waals surface area contributed by atoms with Gasteiger partial charge in [0, 0.05) is 10.0 Å². The van der Waals surface area contributed by atoms with Gasteiger partial charge in [0.2, 0.25) is 5.82 Å². The Morgan fingerprint density at radius 3 is 2.75 bits per heavy atom. The van der Waals surface area contributed by atoms with Crippen molar-refractivity contribution in [2.45, 2.75) is 6.54 Å². The number of aromatic amines is 1. The Labute approximate surface area is 166 Å². The number of fused-ring (bicyclic) bond motifs is 1. The number of methoxy groups -OCH3 is 1. The lowest BCUT2D eigenvalue weighted by Gasteiger charge is -2.04. The molecule has 0 atom stereocenters. The van der Waals surface area contributed by atoms with E-state index in [1.54, 1.807) is 0 Å². The average Bonchev–Trinajstić information content (AvgIpc) is 3.16. The molecule has 1 N–H and O–H groups in total. The number of tetrazole rings is 1. The van der Waals surface area contributed by atoms with E-state index in [1.165, 1.54) is 30.1 Å². The lowest BCUT2D eigenvalue weighted by molar-refractivity contribution is 0.0601. The first-order valence-electron chi connectivity index (χ1n) is 8.18. The smallest absolute Gasteiger partial charge is 0.337 e. The molecule has 0 spiro atoms. The summed E-state index contributed by atoms with van der Waals surface area (Å²) in [4.78, 5) is 32.5. The fourth-order valence-electron chi connectivity index (χ4n) is 2.67. The van der Waals surface area contributed by atoms with Gasteiger partial charge in [-0.2, -0.15) is 4.80 Å². The van der Waals surface area contributed by atoms with Crippen LogP contribution in [0.25, 0.3) is 22.3 Å². The number of benzene rings is 2. The van der Waals surface area contributed by atoms with Crippen molar-refractivity contribution in [2.75, 3.05) is 7.11 Å². The molecule has 0 aliphatic heterocycles. The highest BCUT2D eigenvalue weighted by atomic mass is 79.9. The number of H-pyrrole nitrogens is 1. The van der Waals surface area contributed by atoms with Crippen LogP contribution in [0.3, 0.4) is 0 Å². The fourth-order valence-corrected chi connectivity index (χ4v) is 2.93. The monoisotopic (exact) mass is 440 g/mol. The topological polar surface area (TPSA) is 116 Å². The minimum Gasteiger partial charge on any atom is -0.465 e. The first-order chi connectivity index (χ1) is 13.5. The summed E-state index contributed by atoms with van der Waals surface area (Å²) >= 11 is 3.38. The largest absolute Gasteiger partial charge is 0.465 e. The minimum absolute atomic E-state index is 0.122. The number of rotatable bonds is 4. The highest BCUT2D eigenvalue weighted by molar-refractivity contribution is 9.10. The molecule has 0 amide bonds. The molecule has 2 heterocycles. The third-order valence-corrected chi connectivity index (χ3v) is 4.55. The van der Waals surface area contributed by atoms with Crippen LogP contribution in [-0.2, 0) is 11.3 Å². The van der Waals surface area contributed by atoms with E-state index in [9.17, 15) is 9.59 Å². The number of ether oxygens (including phenoxy) is 1. The fraction of sp³-hybridized carbons (Fsp3) is 0.111. The molecule has 140 valence electrons. The maximum absolute atomic E-state index is 12.3. The molecule has 2 aromatic carbocycles. The van der Waals surface area contributed by atoms with Gasteiger partial charge in [-0.05, 0) is 47.7 Å². The number of nitrogens with one attached hydrogen (secondary N) is 1. The summed E-state index contributed by atoms with van der Waals surface area (Å²) < 4.78 is 5.66. The van der Waals surface area contributed by atoms with Crippen LogP contribution in [0.2, 0.25) is 0 Å². The van der Waals surface area contributed by atoms with Crippen LogP contribution in [0.5, 0.6) is 0 Å². The van der Waals surface area contributed by atoms with Crippen LogP contribution in [-0.4, -0.2) is 43.3 Å². The van der Waals surface area contributed by atoms with E-state index in [0.29, 0.717) is 28.1 Å². The van der Waals surface area contributed by atoms with E-state index in [0.717, 1.165) is 10.0 Å². The first-order valence-corrected chi connectivity index (χ1v) is 8.98. The lowest BCUT2D eigenvalue weighted by Crippen LogP contribution is -2.16. The number of hydrogen-bond acceptors (Lipinski definition) is 7. The predicted molar refractivity (Wildman–Crippen MR) is 104 cm³/mol. The zero-order chi connectivity index (χ0) is 19.7. The number of aromatic nitrogens is 6. The van der Waals surface area contributed by atoms with Crippen LogP contribution in [0.1, 0.15) is 16.2 Å². The molecule has 0 saturated heterocycles. The molecule has 4 aromatic rings. The van der Waals surface area contributed by atoms with E-state index < -0.39 is 5.97 Å². The normalized spacial score (nSPS) is 10.9. The Bertz CT molecular complexity index is 1230. The van der Waals surface area contributed by atoms with Gasteiger partial charge in [0.1, 0.15) is 12.4 Å². The third-order valence-electron chi connectivity index (χ3n) is 4.02. The number of nitrogens with zero attached hydrogens (tertiary/aromatic N) is 5. The van der Waals surface area contributed by atoms with Gasteiger partial charge in [-0.1, -0.05) is 15.9 Å². The summed E-state index contributed by atoms with van der Waals surface area (Å²) in [7, 11) is 1.29. The van der Waals surface area contributed by atoms with Crippen LogP contribution in [0.15, 0.2) is 51.7 Å². The second-order valence-electron chi connectivity index (χ2n) is 5.89. The van der Waals surface area contributed by atoms with Crippen molar-refractivity contribution < 1.29 is 9.53 Å². The zero-order valence-electron chi connectivity index (χ0n) is 14.6. The molecule has 0 aliphatic rings. The van der Waals surface area contributed by atoms with Crippen LogP contribution < -0.4 is 5.56 Å². The summed E-state index contributed by atoms with van der Waals surface area (Å²) in [6.07, 6.45) is 0. The van der Waals surface area contributed by atoms with Crippen molar-refractivity contribution in [3.8, 4) is 11.4 Å². The van der Waals surface area contributed by atoms with E-state index in [4.69, 9.17) is 4.74 Å². The van der Waals surface area contributed by atoms with Crippen molar-refractivity contribution in [3.05, 3.63) is 68.7 Å². The van der Waals surface area contributed by atoms with Gasteiger partial charge in [0.15, 0.2) is 0 Å². The number of esters is 1. The lowest BCUT2D eigenvalue weighted by atomic mass is 10.1. The second kappa shape index (κ2) is 7.31. The first kappa shape index (κ1) is 18.0. The van der Waals surface area contributed by atoms with Crippen molar-refractivity contribution in [1.29, 1.82) is 0 Å². The highest BCUT2D eigenvalue weighted by Crippen LogP contribution is 2.17. The Hall–Kier alpha value is -3.40. The van der Waals surface area contributed by atoms with Gasteiger partial charge in [-0.3, -0.25) is 4.79 Å². The van der Waals surface area contributed by atoms with E-state index in [2.05, 4.69) is 41.3 Å². The van der Waals surface area contributed by atoms with E-state index in [-0.39, 0.29) is 12.1 Å². The summed E-state index contributed by atoms with van der Waals surface area (Å²) in [6.45, 7) is 0.122. The summed E-state index contributed by atoms with van der Waals surface area (Å²) in [5.41, 5.74) is 1.20. The molecular weight excluding hydrogens is 428 g/mol. The van der Waals surface area contributed by atoms with E-state index in [1.807, 2.05) is 24.3 Å². The van der Waals surface area contributed by atoms with Crippen molar-refractivity contribution in [1.82, 2.24) is 30.2 Å². The van der Waals surface area contributed by atoms with Crippen LogP contribution in [0.4, 0.5) is 0 Å². The molecule has 28 heavy (non-hydrogen) atoms. The van der Waals surface area contributed by atoms with Gasteiger partial charge in [-0.15, -0.1) is 10.2 Å². The number of hydrogen-bond donors (Lipinski definition) is 1. The molecule has 0 bridgehead atoms. The molecule has 0 aliphatic carbocycles. The summed E-state index contributed by atoms with van der Waals surface area (Å²) in [5, 5.41) is 12.7.